The molecular formula is C12H23NO5S. The molecule has 0 saturated carbocycles. The van der Waals surface area contributed by atoms with Crippen LogP contribution in [-0.2, 0) is 24.1 Å². The van der Waals surface area contributed by atoms with E-state index in [1.165, 1.54) is 0 Å². The fraction of sp³-hybridized carbons (Fsp3) is 0.917. The Morgan fingerprint density at radius 3 is 2.79 bits per heavy atom. The summed E-state index contributed by atoms with van der Waals surface area (Å²) >= 11 is 0. The van der Waals surface area contributed by atoms with Crippen LogP contribution in [0.15, 0.2) is 0 Å². The van der Waals surface area contributed by atoms with Crippen molar-refractivity contribution in [3.8, 4) is 0 Å². The molecule has 0 aromatic carbocycles. The van der Waals surface area contributed by atoms with Crippen LogP contribution in [0, 0.1) is 0 Å². The van der Waals surface area contributed by atoms with Gasteiger partial charge in [-0.05, 0) is 26.3 Å². The van der Waals surface area contributed by atoms with E-state index in [1.807, 2.05) is 6.92 Å². The molecule has 1 aliphatic rings. The third kappa shape index (κ3) is 5.08. The predicted molar refractivity (Wildman–Crippen MR) is 71.7 cm³/mol. The third-order valence-corrected chi connectivity index (χ3v) is 5.07. The lowest BCUT2D eigenvalue weighted by Gasteiger charge is -2.31. The first-order valence-electron chi connectivity index (χ1n) is 6.69. The number of hydrogen-bond donors (Lipinski definition) is 1. The second-order valence-corrected chi connectivity index (χ2v) is 6.79. The molecule has 0 aromatic rings. The standard InChI is InChI=1S/C12H23NO5S/c1-3-6-13-10-5-7-17-8-11(10)19(15,16)9-12(14)18-4-2/h10-11,13H,3-9H2,1-2H3. The molecule has 1 saturated heterocycles. The van der Waals surface area contributed by atoms with Gasteiger partial charge in [0.1, 0.15) is 11.0 Å². The van der Waals surface area contributed by atoms with Crippen molar-refractivity contribution in [3.63, 3.8) is 0 Å². The highest BCUT2D eigenvalue weighted by atomic mass is 32.2. The molecule has 0 aliphatic carbocycles. The quantitative estimate of drug-likeness (QED) is 0.672. The Bertz CT molecular complexity index is 382. The Morgan fingerprint density at radius 2 is 2.16 bits per heavy atom. The van der Waals surface area contributed by atoms with Gasteiger partial charge in [-0.25, -0.2) is 8.42 Å². The molecule has 1 N–H and O–H groups in total. The molecule has 2 unspecified atom stereocenters. The first kappa shape index (κ1) is 16.4. The molecule has 2 atom stereocenters. The van der Waals surface area contributed by atoms with Gasteiger partial charge in [0.25, 0.3) is 0 Å². The molecular weight excluding hydrogens is 270 g/mol. The van der Waals surface area contributed by atoms with Gasteiger partial charge in [0.05, 0.1) is 13.2 Å². The molecule has 6 nitrogen and oxygen atoms in total. The number of ether oxygens (including phenoxy) is 2. The average molecular weight is 293 g/mol. The number of hydrogen-bond acceptors (Lipinski definition) is 6. The maximum Gasteiger partial charge on any atom is 0.321 e. The van der Waals surface area contributed by atoms with Crippen LogP contribution in [0.5, 0.6) is 0 Å². The molecule has 1 heterocycles. The molecule has 0 radical (unpaired) electrons. The van der Waals surface area contributed by atoms with Gasteiger partial charge < -0.3 is 14.8 Å². The van der Waals surface area contributed by atoms with Gasteiger partial charge >= 0.3 is 5.97 Å². The van der Waals surface area contributed by atoms with Crippen LogP contribution >= 0.6 is 0 Å². The number of sulfone groups is 1. The first-order valence-corrected chi connectivity index (χ1v) is 8.41. The summed E-state index contributed by atoms with van der Waals surface area (Å²) in [5.74, 6) is -1.26. The summed E-state index contributed by atoms with van der Waals surface area (Å²) in [6.45, 7) is 5.31. The molecule has 1 rings (SSSR count). The SMILES string of the molecule is CCCNC1CCOCC1S(=O)(=O)CC(=O)OCC. The zero-order valence-electron chi connectivity index (χ0n) is 11.6. The summed E-state index contributed by atoms with van der Waals surface area (Å²) < 4.78 is 34.4. The Hall–Kier alpha value is -0.660. The van der Waals surface area contributed by atoms with E-state index in [2.05, 4.69) is 5.32 Å². The maximum absolute atomic E-state index is 12.2. The van der Waals surface area contributed by atoms with Crippen molar-refractivity contribution < 1.29 is 22.7 Å². The van der Waals surface area contributed by atoms with E-state index in [4.69, 9.17) is 9.47 Å². The zero-order valence-corrected chi connectivity index (χ0v) is 12.4. The van der Waals surface area contributed by atoms with E-state index in [9.17, 15) is 13.2 Å². The number of carbonyl (C=O) groups excluding carboxylic acids is 1. The summed E-state index contributed by atoms with van der Waals surface area (Å²) in [6.07, 6.45) is 1.58. The number of carbonyl (C=O) groups is 1. The van der Waals surface area contributed by atoms with Crippen LogP contribution in [-0.4, -0.2) is 57.8 Å². The molecule has 112 valence electrons. The third-order valence-electron chi connectivity index (χ3n) is 3.05. The normalized spacial score (nSPS) is 24.1. The fourth-order valence-electron chi connectivity index (χ4n) is 2.10. The molecule has 0 spiro atoms. The summed E-state index contributed by atoms with van der Waals surface area (Å²) in [5, 5.41) is 2.55. The highest BCUT2D eigenvalue weighted by molar-refractivity contribution is 7.92. The van der Waals surface area contributed by atoms with Crippen molar-refractivity contribution in [2.75, 3.05) is 32.1 Å². The van der Waals surface area contributed by atoms with Gasteiger partial charge in [0, 0.05) is 12.6 Å². The number of esters is 1. The van der Waals surface area contributed by atoms with E-state index in [1.54, 1.807) is 6.92 Å². The lowest BCUT2D eigenvalue weighted by Crippen LogP contribution is -2.51. The van der Waals surface area contributed by atoms with Gasteiger partial charge in [-0.1, -0.05) is 6.92 Å². The van der Waals surface area contributed by atoms with Gasteiger partial charge in [0.15, 0.2) is 9.84 Å². The molecule has 0 amide bonds. The van der Waals surface area contributed by atoms with Crippen molar-refractivity contribution >= 4 is 15.8 Å². The van der Waals surface area contributed by atoms with E-state index in [0.29, 0.717) is 13.0 Å². The van der Waals surface area contributed by atoms with Crippen molar-refractivity contribution in [3.05, 3.63) is 0 Å². The lowest BCUT2D eigenvalue weighted by atomic mass is 10.1. The van der Waals surface area contributed by atoms with E-state index in [-0.39, 0.29) is 19.3 Å². The molecule has 0 aromatic heterocycles. The van der Waals surface area contributed by atoms with Crippen molar-refractivity contribution in [2.45, 2.75) is 38.0 Å². The van der Waals surface area contributed by atoms with Crippen molar-refractivity contribution in [2.24, 2.45) is 0 Å². The molecule has 1 fully saturated rings. The Labute approximate surface area is 114 Å². The summed E-state index contributed by atoms with van der Waals surface area (Å²) in [5.41, 5.74) is 0. The fourth-order valence-corrected chi connectivity index (χ4v) is 3.77. The van der Waals surface area contributed by atoms with Gasteiger partial charge in [-0.15, -0.1) is 0 Å². The van der Waals surface area contributed by atoms with Gasteiger partial charge in [0.2, 0.25) is 0 Å². The topological polar surface area (TPSA) is 81.7 Å². The molecule has 1 aliphatic heterocycles. The average Bonchev–Trinajstić information content (AvgIpc) is 2.36. The lowest BCUT2D eigenvalue weighted by molar-refractivity contribution is -0.139. The number of rotatable bonds is 7. The summed E-state index contributed by atoms with van der Waals surface area (Å²) in [4.78, 5) is 11.4. The van der Waals surface area contributed by atoms with Crippen LogP contribution in [0.25, 0.3) is 0 Å². The smallest absolute Gasteiger partial charge is 0.321 e. The first-order chi connectivity index (χ1) is 9.01. The zero-order chi connectivity index (χ0) is 14.3. The van der Waals surface area contributed by atoms with E-state index < -0.39 is 26.8 Å². The summed E-state index contributed by atoms with van der Waals surface area (Å²) in [6, 6.07) is -0.145. The van der Waals surface area contributed by atoms with Crippen LogP contribution in [0.2, 0.25) is 0 Å². The largest absolute Gasteiger partial charge is 0.465 e. The molecule has 0 bridgehead atoms. The Balaban J connectivity index is 2.69. The second kappa shape index (κ2) is 7.81. The van der Waals surface area contributed by atoms with Crippen LogP contribution in [0.3, 0.4) is 0 Å². The maximum atomic E-state index is 12.2. The van der Waals surface area contributed by atoms with Crippen molar-refractivity contribution in [1.82, 2.24) is 5.32 Å². The minimum Gasteiger partial charge on any atom is -0.465 e. The van der Waals surface area contributed by atoms with Gasteiger partial charge in [-0.3, -0.25) is 4.79 Å². The molecule has 7 heteroatoms. The van der Waals surface area contributed by atoms with Crippen molar-refractivity contribution in [1.29, 1.82) is 0 Å². The minimum atomic E-state index is -3.55. The van der Waals surface area contributed by atoms with Crippen LogP contribution in [0.1, 0.15) is 26.7 Å². The van der Waals surface area contributed by atoms with Crippen LogP contribution in [0.4, 0.5) is 0 Å². The van der Waals surface area contributed by atoms with Gasteiger partial charge in [-0.2, -0.15) is 0 Å². The predicted octanol–water partition coefficient (Wildman–Crippen LogP) is 0.121. The number of nitrogens with one attached hydrogen (secondary N) is 1. The monoisotopic (exact) mass is 293 g/mol. The Kier molecular flexibility index (Phi) is 6.74. The Morgan fingerprint density at radius 1 is 1.42 bits per heavy atom. The second-order valence-electron chi connectivity index (χ2n) is 4.57. The van der Waals surface area contributed by atoms with E-state index >= 15 is 0 Å². The minimum absolute atomic E-state index is 0.142. The molecule has 19 heavy (non-hydrogen) atoms. The highest BCUT2D eigenvalue weighted by Crippen LogP contribution is 2.17. The van der Waals surface area contributed by atoms with E-state index in [0.717, 1.165) is 13.0 Å². The van der Waals surface area contributed by atoms with Crippen LogP contribution < -0.4 is 5.32 Å². The summed E-state index contributed by atoms with van der Waals surface area (Å²) in [7, 11) is -3.55. The highest BCUT2D eigenvalue weighted by Gasteiger charge is 2.37.